The Morgan fingerprint density at radius 1 is 1.40 bits per heavy atom. The van der Waals surface area contributed by atoms with E-state index in [9.17, 15) is 4.79 Å². The van der Waals surface area contributed by atoms with Crippen molar-refractivity contribution in [2.45, 2.75) is 13.0 Å². The summed E-state index contributed by atoms with van der Waals surface area (Å²) in [6, 6.07) is 7.85. The number of nitrogens with one attached hydrogen (secondary N) is 1. The summed E-state index contributed by atoms with van der Waals surface area (Å²) in [5, 5.41) is 14.0. The van der Waals surface area contributed by atoms with Crippen LogP contribution in [0, 0.1) is 0 Å². The highest BCUT2D eigenvalue weighted by atomic mass is 32.1. The molecule has 20 heavy (non-hydrogen) atoms. The number of nitrogens with two attached hydrogens (primary N) is 1. The number of hydrogen-bond acceptors (Lipinski definition) is 5. The standard InChI is InChI=1S/C14H17N3O2S/c15-8-10-3-1-2-4-12(10)14-17-11(9-20-14)7-13(19)16-5-6-18/h1-4,9,18H,5-8,15H2,(H,16,19). The summed E-state index contributed by atoms with van der Waals surface area (Å²) in [7, 11) is 0. The molecule has 0 bridgehead atoms. The van der Waals surface area contributed by atoms with Gasteiger partial charge in [0.1, 0.15) is 5.01 Å². The molecule has 0 aliphatic heterocycles. The molecule has 1 amide bonds. The number of nitrogens with zero attached hydrogens (tertiary/aromatic N) is 1. The number of benzene rings is 1. The molecule has 106 valence electrons. The number of aliphatic hydroxyl groups is 1. The van der Waals surface area contributed by atoms with Gasteiger partial charge in [-0.25, -0.2) is 4.98 Å². The van der Waals surface area contributed by atoms with Gasteiger partial charge in [-0.15, -0.1) is 11.3 Å². The highest BCUT2D eigenvalue weighted by Gasteiger charge is 2.10. The van der Waals surface area contributed by atoms with Crippen LogP contribution in [0.5, 0.6) is 0 Å². The first-order valence-electron chi connectivity index (χ1n) is 6.35. The maximum atomic E-state index is 11.6. The molecular weight excluding hydrogens is 274 g/mol. The van der Waals surface area contributed by atoms with Gasteiger partial charge >= 0.3 is 0 Å². The predicted molar refractivity (Wildman–Crippen MR) is 79.2 cm³/mol. The lowest BCUT2D eigenvalue weighted by Gasteiger charge is -2.03. The lowest BCUT2D eigenvalue weighted by Crippen LogP contribution is -2.27. The second-order valence-corrected chi connectivity index (χ2v) is 5.11. The number of aliphatic hydroxyl groups excluding tert-OH is 1. The van der Waals surface area contributed by atoms with Crippen LogP contribution in [-0.4, -0.2) is 29.1 Å². The summed E-state index contributed by atoms with van der Waals surface area (Å²) in [4.78, 5) is 16.0. The van der Waals surface area contributed by atoms with E-state index in [2.05, 4.69) is 10.3 Å². The van der Waals surface area contributed by atoms with Gasteiger partial charge in [0.25, 0.3) is 0 Å². The van der Waals surface area contributed by atoms with Crippen LogP contribution >= 0.6 is 11.3 Å². The Morgan fingerprint density at radius 3 is 2.95 bits per heavy atom. The Kier molecular flexibility index (Phi) is 5.23. The van der Waals surface area contributed by atoms with Crippen molar-refractivity contribution in [3.63, 3.8) is 0 Å². The van der Waals surface area contributed by atoms with Crippen molar-refractivity contribution in [2.75, 3.05) is 13.2 Å². The number of carbonyl (C=O) groups excluding carboxylic acids is 1. The van der Waals surface area contributed by atoms with Crippen LogP contribution in [-0.2, 0) is 17.8 Å². The van der Waals surface area contributed by atoms with Crippen LogP contribution in [0.25, 0.3) is 10.6 Å². The minimum absolute atomic E-state index is 0.0576. The van der Waals surface area contributed by atoms with Crippen LogP contribution < -0.4 is 11.1 Å². The quantitative estimate of drug-likeness (QED) is 0.738. The van der Waals surface area contributed by atoms with Crippen molar-refractivity contribution < 1.29 is 9.90 Å². The topological polar surface area (TPSA) is 88.2 Å². The van der Waals surface area contributed by atoms with E-state index in [1.165, 1.54) is 11.3 Å². The van der Waals surface area contributed by atoms with E-state index < -0.39 is 0 Å². The van der Waals surface area contributed by atoms with Crippen LogP contribution in [0.4, 0.5) is 0 Å². The zero-order valence-corrected chi connectivity index (χ0v) is 11.8. The molecule has 6 heteroatoms. The fourth-order valence-electron chi connectivity index (χ4n) is 1.84. The van der Waals surface area contributed by atoms with Gasteiger partial charge in [0, 0.05) is 24.0 Å². The summed E-state index contributed by atoms with van der Waals surface area (Å²) in [6.45, 7) is 0.672. The Morgan fingerprint density at radius 2 is 2.20 bits per heavy atom. The van der Waals surface area contributed by atoms with Crippen molar-refractivity contribution in [2.24, 2.45) is 5.73 Å². The van der Waals surface area contributed by atoms with E-state index >= 15 is 0 Å². The van der Waals surface area contributed by atoms with E-state index in [-0.39, 0.29) is 25.5 Å². The maximum absolute atomic E-state index is 11.6. The molecule has 0 spiro atoms. The van der Waals surface area contributed by atoms with Gasteiger partial charge < -0.3 is 16.2 Å². The Hall–Kier alpha value is -1.76. The van der Waals surface area contributed by atoms with Crippen LogP contribution in [0.2, 0.25) is 0 Å². The molecular formula is C14H17N3O2S. The van der Waals surface area contributed by atoms with Crippen molar-refractivity contribution in [3.05, 3.63) is 40.9 Å². The highest BCUT2D eigenvalue weighted by Crippen LogP contribution is 2.26. The minimum atomic E-state index is -0.136. The number of thiazole rings is 1. The van der Waals surface area contributed by atoms with E-state index in [1.54, 1.807) is 0 Å². The van der Waals surface area contributed by atoms with Gasteiger partial charge in [-0.05, 0) is 5.56 Å². The third-order valence-electron chi connectivity index (χ3n) is 2.80. The van der Waals surface area contributed by atoms with E-state index in [0.717, 1.165) is 21.8 Å². The molecule has 1 aromatic heterocycles. The monoisotopic (exact) mass is 291 g/mol. The van der Waals surface area contributed by atoms with Gasteiger partial charge in [-0.2, -0.15) is 0 Å². The average molecular weight is 291 g/mol. The third kappa shape index (κ3) is 3.63. The maximum Gasteiger partial charge on any atom is 0.226 e. The molecule has 2 rings (SSSR count). The second-order valence-electron chi connectivity index (χ2n) is 4.26. The van der Waals surface area contributed by atoms with Gasteiger partial charge in [-0.3, -0.25) is 4.79 Å². The fraction of sp³-hybridized carbons (Fsp3) is 0.286. The second kappa shape index (κ2) is 7.14. The number of hydrogen-bond donors (Lipinski definition) is 3. The van der Waals surface area contributed by atoms with Crippen molar-refractivity contribution in [3.8, 4) is 10.6 Å². The molecule has 0 saturated carbocycles. The summed E-state index contributed by atoms with van der Waals surface area (Å²) < 4.78 is 0. The van der Waals surface area contributed by atoms with Gasteiger partial charge in [-0.1, -0.05) is 24.3 Å². The highest BCUT2D eigenvalue weighted by molar-refractivity contribution is 7.13. The lowest BCUT2D eigenvalue weighted by atomic mass is 10.1. The molecule has 1 aromatic carbocycles. The zero-order chi connectivity index (χ0) is 14.4. The summed E-state index contributed by atoms with van der Waals surface area (Å²) in [6.07, 6.45) is 0.224. The average Bonchev–Trinajstić information content (AvgIpc) is 2.93. The molecule has 4 N–H and O–H groups in total. The van der Waals surface area contributed by atoms with Crippen molar-refractivity contribution in [1.82, 2.24) is 10.3 Å². The first-order valence-corrected chi connectivity index (χ1v) is 7.23. The summed E-state index contributed by atoms with van der Waals surface area (Å²) in [5.74, 6) is -0.136. The summed E-state index contributed by atoms with van der Waals surface area (Å²) in [5.41, 5.74) is 8.50. The third-order valence-corrected chi connectivity index (χ3v) is 3.72. The van der Waals surface area contributed by atoms with E-state index in [4.69, 9.17) is 10.8 Å². The Bertz CT molecular complexity index is 583. The molecule has 0 aliphatic carbocycles. The number of amides is 1. The SMILES string of the molecule is NCc1ccccc1-c1nc(CC(=O)NCCO)cs1. The largest absolute Gasteiger partial charge is 0.395 e. The Balaban J connectivity index is 2.10. The molecule has 1 heterocycles. The molecule has 5 nitrogen and oxygen atoms in total. The van der Waals surface area contributed by atoms with Crippen LogP contribution in [0.3, 0.4) is 0 Å². The number of aromatic nitrogens is 1. The van der Waals surface area contributed by atoms with Gasteiger partial charge in [0.2, 0.25) is 5.91 Å². The smallest absolute Gasteiger partial charge is 0.226 e. The normalized spacial score (nSPS) is 10.5. The van der Waals surface area contributed by atoms with Crippen molar-refractivity contribution in [1.29, 1.82) is 0 Å². The first-order chi connectivity index (χ1) is 9.74. The number of carbonyl (C=O) groups is 1. The molecule has 0 fully saturated rings. The van der Waals surface area contributed by atoms with Crippen LogP contribution in [0.15, 0.2) is 29.6 Å². The zero-order valence-electron chi connectivity index (χ0n) is 11.0. The van der Waals surface area contributed by atoms with Crippen molar-refractivity contribution >= 4 is 17.2 Å². The predicted octanol–water partition coefficient (Wildman–Crippen LogP) is 0.920. The lowest BCUT2D eigenvalue weighted by molar-refractivity contribution is -0.120. The first kappa shape index (κ1) is 14.6. The molecule has 0 aliphatic rings. The molecule has 0 saturated heterocycles. The summed E-state index contributed by atoms with van der Waals surface area (Å²) >= 11 is 1.50. The fourth-order valence-corrected chi connectivity index (χ4v) is 2.72. The molecule has 0 radical (unpaired) electrons. The molecule has 0 unspecified atom stereocenters. The molecule has 2 aromatic rings. The van der Waals surface area contributed by atoms with Crippen LogP contribution in [0.1, 0.15) is 11.3 Å². The van der Waals surface area contributed by atoms with Gasteiger partial charge in [0.15, 0.2) is 0 Å². The van der Waals surface area contributed by atoms with E-state index in [1.807, 2.05) is 29.6 Å². The molecule has 0 atom stereocenters. The number of rotatable bonds is 6. The Labute approximate surface area is 121 Å². The van der Waals surface area contributed by atoms with E-state index in [0.29, 0.717) is 6.54 Å². The minimum Gasteiger partial charge on any atom is -0.395 e. The van der Waals surface area contributed by atoms with Gasteiger partial charge in [0.05, 0.1) is 18.7 Å².